The number of carbonyl (C=O) groups excluding carboxylic acids is 1. The third-order valence-electron chi connectivity index (χ3n) is 2.28. The Morgan fingerprint density at radius 1 is 1.50 bits per heavy atom. The Labute approximate surface area is 93.5 Å². The zero-order valence-electron chi connectivity index (χ0n) is 9.23. The highest BCUT2D eigenvalue weighted by Crippen LogP contribution is 2.15. The van der Waals surface area contributed by atoms with Crippen LogP contribution in [0.4, 0.5) is 0 Å². The van der Waals surface area contributed by atoms with Crippen LogP contribution in [0.3, 0.4) is 0 Å². The number of carbonyl (C=O) groups is 2. The zero-order valence-corrected chi connectivity index (χ0v) is 9.23. The van der Waals surface area contributed by atoms with Gasteiger partial charge in [-0.25, -0.2) is 0 Å². The molecular weight excluding hydrogens is 208 g/mol. The maximum atomic E-state index is 11.6. The van der Waals surface area contributed by atoms with Gasteiger partial charge in [0, 0.05) is 18.9 Å². The number of amides is 1. The van der Waals surface area contributed by atoms with Crippen molar-refractivity contribution in [3.05, 3.63) is 30.1 Å². The molecule has 0 bridgehead atoms. The predicted molar refractivity (Wildman–Crippen MR) is 57.5 cm³/mol. The smallest absolute Gasteiger partial charge is 0.318 e. The summed E-state index contributed by atoms with van der Waals surface area (Å²) in [4.78, 5) is 26.3. The van der Waals surface area contributed by atoms with E-state index in [2.05, 4.69) is 10.3 Å². The number of hydrogen-bond acceptors (Lipinski definition) is 3. The summed E-state index contributed by atoms with van der Waals surface area (Å²) in [6.45, 7) is 3.02. The number of carboxylic acid groups (broad SMARTS) is 1. The fourth-order valence-corrected chi connectivity index (χ4v) is 1.00. The van der Waals surface area contributed by atoms with Gasteiger partial charge in [-0.3, -0.25) is 14.6 Å². The third kappa shape index (κ3) is 2.79. The van der Waals surface area contributed by atoms with Crippen LogP contribution in [0.1, 0.15) is 19.4 Å². The lowest BCUT2D eigenvalue weighted by Crippen LogP contribution is -2.41. The number of pyridine rings is 1. The molecule has 0 aromatic carbocycles. The van der Waals surface area contributed by atoms with Crippen molar-refractivity contribution in [1.82, 2.24) is 10.3 Å². The summed E-state index contributed by atoms with van der Waals surface area (Å²) in [5.41, 5.74) is -0.584. The van der Waals surface area contributed by atoms with E-state index in [1.807, 2.05) is 0 Å². The van der Waals surface area contributed by atoms with Gasteiger partial charge in [-0.05, 0) is 25.5 Å². The van der Waals surface area contributed by atoms with Gasteiger partial charge < -0.3 is 10.4 Å². The van der Waals surface area contributed by atoms with E-state index in [1.54, 1.807) is 24.5 Å². The fourth-order valence-electron chi connectivity index (χ4n) is 1.00. The van der Waals surface area contributed by atoms with Crippen LogP contribution in [0.15, 0.2) is 24.5 Å². The number of nitrogens with zero attached hydrogens (tertiary/aromatic N) is 1. The molecule has 16 heavy (non-hydrogen) atoms. The second-order valence-corrected chi connectivity index (χ2v) is 3.97. The van der Waals surface area contributed by atoms with Crippen LogP contribution < -0.4 is 5.32 Å². The highest BCUT2D eigenvalue weighted by molar-refractivity contribution is 6.00. The minimum Gasteiger partial charge on any atom is -0.480 e. The van der Waals surface area contributed by atoms with Gasteiger partial charge >= 0.3 is 5.97 Å². The van der Waals surface area contributed by atoms with E-state index in [0.29, 0.717) is 0 Å². The van der Waals surface area contributed by atoms with Crippen molar-refractivity contribution < 1.29 is 14.7 Å². The Morgan fingerprint density at radius 3 is 2.69 bits per heavy atom. The monoisotopic (exact) mass is 222 g/mol. The summed E-state index contributed by atoms with van der Waals surface area (Å²) in [6, 6.07) is 3.56. The molecule has 1 aromatic rings. The van der Waals surface area contributed by atoms with E-state index in [9.17, 15) is 9.59 Å². The molecule has 1 aromatic heterocycles. The number of hydrogen-bond donors (Lipinski definition) is 2. The number of aromatic nitrogens is 1. The van der Waals surface area contributed by atoms with E-state index < -0.39 is 17.3 Å². The van der Waals surface area contributed by atoms with Crippen LogP contribution in [-0.2, 0) is 16.1 Å². The van der Waals surface area contributed by atoms with Crippen LogP contribution in [-0.4, -0.2) is 22.0 Å². The van der Waals surface area contributed by atoms with Crippen LogP contribution in [0.5, 0.6) is 0 Å². The minimum absolute atomic E-state index is 0.281. The standard InChI is InChI=1S/C11H14N2O3/c1-11(2,10(15)16)9(14)13-7-8-4-3-5-12-6-8/h3-6H,7H2,1-2H3,(H,13,14)(H,15,16). The van der Waals surface area contributed by atoms with Crippen molar-refractivity contribution in [3.63, 3.8) is 0 Å². The average Bonchev–Trinajstić information content (AvgIpc) is 2.27. The van der Waals surface area contributed by atoms with Gasteiger partial charge in [-0.15, -0.1) is 0 Å². The molecule has 0 spiro atoms. The molecule has 0 unspecified atom stereocenters. The van der Waals surface area contributed by atoms with Gasteiger partial charge in [0.25, 0.3) is 0 Å². The molecule has 0 aliphatic rings. The first kappa shape index (κ1) is 12.2. The zero-order chi connectivity index (χ0) is 12.2. The maximum Gasteiger partial charge on any atom is 0.318 e. The summed E-state index contributed by atoms with van der Waals surface area (Å²) in [6.07, 6.45) is 3.25. The third-order valence-corrected chi connectivity index (χ3v) is 2.28. The molecule has 0 aliphatic carbocycles. The topological polar surface area (TPSA) is 79.3 Å². The number of rotatable bonds is 4. The summed E-state index contributed by atoms with van der Waals surface area (Å²) in [5.74, 6) is -1.65. The number of aliphatic carboxylic acids is 1. The molecule has 1 rings (SSSR count). The van der Waals surface area contributed by atoms with Gasteiger partial charge in [-0.1, -0.05) is 6.07 Å². The highest BCUT2D eigenvalue weighted by Gasteiger charge is 2.35. The second kappa shape index (κ2) is 4.74. The average molecular weight is 222 g/mol. The highest BCUT2D eigenvalue weighted by atomic mass is 16.4. The lowest BCUT2D eigenvalue weighted by molar-refractivity contribution is -0.153. The molecule has 0 saturated heterocycles. The Balaban J connectivity index is 2.57. The Morgan fingerprint density at radius 2 is 2.19 bits per heavy atom. The van der Waals surface area contributed by atoms with Crippen molar-refractivity contribution in [3.8, 4) is 0 Å². The van der Waals surface area contributed by atoms with Crippen LogP contribution in [0.2, 0.25) is 0 Å². The Hall–Kier alpha value is -1.91. The quantitative estimate of drug-likeness (QED) is 0.739. The van der Waals surface area contributed by atoms with Crippen LogP contribution in [0, 0.1) is 5.41 Å². The van der Waals surface area contributed by atoms with Gasteiger partial charge in [0.15, 0.2) is 0 Å². The van der Waals surface area contributed by atoms with E-state index >= 15 is 0 Å². The summed E-state index contributed by atoms with van der Waals surface area (Å²) < 4.78 is 0. The number of nitrogens with one attached hydrogen (secondary N) is 1. The second-order valence-electron chi connectivity index (χ2n) is 3.97. The van der Waals surface area contributed by atoms with E-state index in [1.165, 1.54) is 13.8 Å². The first-order chi connectivity index (χ1) is 7.44. The van der Waals surface area contributed by atoms with Crippen molar-refractivity contribution in [1.29, 1.82) is 0 Å². The van der Waals surface area contributed by atoms with Crippen LogP contribution in [0.25, 0.3) is 0 Å². The molecule has 0 saturated carbocycles. The van der Waals surface area contributed by atoms with Crippen molar-refractivity contribution in [2.45, 2.75) is 20.4 Å². The number of carboxylic acids is 1. The molecule has 0 aliphatic heterocycles. The van der Waals surface area contributed by atoms with Crippen molar-refractivity contribution >= 4 is 11.9 Å². The van der Waals surface area contributed by atoms with Gasteiger partial charge in [-0.2, -0.15) is 0 Å². The van der Waals surface area contributed by atoms with E-state index in [-0.39, 0.29) is 6.54 Å². The van der Waals surface area contributed by atoms with Gasteiger partial charge in [0.1, 0.15) is 5.41 Å². The van der Waals surface area contributed by atoms with E-state index in [0.717, 1.165) is 5.56 Å². The van der Waals surface area contributed by atoms with Gasteiger partial charge in [0.05, 0.1) is 0 Å². The Kier molecular flexibility index (Phi) is 3.60. The molecule has 0 fully saturated rings. The van der Waals surface area contributed by atoms with E-state index in [4.69, 9.17) is 5.11 Å². The maximum absolute atomic E-state index is 11.6. The largest absolute Gasteiger partial charge is 0.480 e. The first-order valence-corrected chi connectivity index (χ1v) is 4.85. The molecule has 5 heteroatoms. The SMILES string of the molecule is CC(C)(C(=O)O)C(=O)NCc1cccnc1. The lowest BCUT2D eigenvalue weighted by atomic mass is 9.92. The van der Waals surface area contributed by atoms with Crippen molar-refractivity contribution in [2.24, 2.45) is 5.41 Å². The molecular formula is C11H14N2O3. The minimum atomic E-state index is -1.41. The molecule has 5 nitrogen and oxygen atoms in total. The molecule has 2 N–H and O–H groups in total. The molecule has 1 amide bonds. The molecule has 1 heterocycles. The Bertz CT molecular complexity index is 387. The normalized spacial score (nSPS) is 10.9. The predicted octanol–water partition coefficient (Wildman–Crippen LogP) is 0.809. The lowest BCUT2D eigenvalue weighted by Gasteiger charge is -2.18. The fraction of sp³-hybridized carbons (Fsp3) is 0.364. The molecule has 86 valence electrons. The summed E-state index contributed by atoms with van der Waals surface area (Å²) >= 11 is 0. The van der Waals surface area contributed by atoms with Crippen LogP contribution >= 0.6 is 0 Å². The molecule has 0 radical (unpaired) electrons. The summed E-state index contributed by atoms with van der Waals surface area (Å²) in [7, 11) is 0. The molecule has 0 atom stereocenters. The van der Waals surface area contributed by atoms with Gasteiger partial charge in [0.2, 0.25) is 5.91 Å². The first-order valence-electron chi connectivity index (χ1n) is 4.85. The summed E-state index contributed by atoms with van der Waals surface area (Å²) in [5, 5.41) is 11.4. The van der Waals surface area contributed by atoms with Crippen molar-refractivity contribution in [2.75, 3.05) is 0 Å².